The number of morpholine rings is 1. The first-order valence-corrected chi connectivity index (χ1v) is 13.2. The molecule has 0 atom stereocenters. The average molecular weight is 557 g/mol. The normalized spacial score (nSPS) is 18.6. The van der Waals surface area contributed by atoms with E-state index >= 15 is 0 Å². The van der Waals surface area contributed by atoms with E-state index in [0.29, 0.717) is 36.3 Å². The smallest absolute Gasteiger partial charge is 0.379 e. The number of halogens is 5. The number of aromatic nitrogens is 2. The van der Waals surface area contributed by atoms with Crippen molar-refractivity contribution < 1.29 is 17.9 Å². The molecular weight excluding hydrogens is 528 g/mol. The van der Waals surface area contributed by atoms with Gasteiger partial charge in [-0.15, -0.1) is 0 Å². The molecule has 6 nitrogen and oxygen atoms in total. The molecule has 3 aromatic rings. The van der Waals surface area contributed by atoms with E-state index in [0.717, 1.165) is 74.3 Å². The number of hydrogen-bond acceptors (Lipinski definition) is 4. The van der Waals surface area contributed by atoms with Crippen molar-refractivity contribution in [1.29, 1.82) is 0 Å². The highest BCUT2D eigenvalue weighted by Gasteiger charge is 2.30. The monoisotopic (exact) mass is 556 g/mol. The average Bonchev–Trinajstić information content (AvgIpc) is 3.14. The van der Waals surface area contributed by atoms with E-state index in [9.17, 15) is 18.0 Å². The molecule has 37 heavy (non-hydrogen) atoms. The lowest BCUT2D eigenvalue weighted by molar-refractivity contribution is -0.137. The van der Waals surface area contributed by atoms with Gasteiger partial charge in [-0.2, -0.15) is 13.2 Å². The maximum atomic E-state index is 13.7. The summed E-state index contributed by atoms with van der Waals surface area (Å²) >= 11 is 12.7. The molecule has 0 bridgehead atoms. The Morgan fingerprint density at radius 3 is 2.11 bits per heavy atom. The SMILES string of the molecule is O=c1n(CCN2CCOCC2)c2cc(Cl)c(Cl)cc2n1C1CCN(Cc2ccc(C(F)(F)F)cc2)CC1. The maximum absolute atomic E-state index is 13.7. The minimum absolute atomic E-state index is 0.000680. The molecular formula is C26H29Cl2F3N4O2. The quantitative estimate of drug-likeness (QED) is 0.413. The Hall–Kier alpha value is -2.04. The summed E-state index contributed by atoms with van der Waals surface area (Å²) in [5.74, 6) is 0. The first-order valence-electron chi connectivity index (χ1n) is 12.5. The summed E-state index contributed by atoms with van der Waals surface area (Å²) in [7, 11) is 0. The molecule has 0 saturated carbocycles. The number of nitrogens with zero attached hydrogens (tertiary/aromatic N) is 4. The molecule has 0 radical (unpaired) electrons. The first kappa shape index (κ1) is 26.6. The highest BCUT2D eigenvalue weighted by molar-refractivity contribution is 6.42. The Morgan fingerprint density at radius 2 is 1.49 bits per heavy atom. The lowest BCUT2D eigenvalue weighted by Crippen LogP contribution is -2.40. The van der Waals surface area contributed by atoms with Crippen LogP contribution in [0.5, 0.6) is 0 Å². The second kappa shape index (κ2) is 11.0. The molecule has 0 amide bonds. The van der Waals surface area contributed by atoms with Crippen molar-refractivity contribution in [2.75, 3.05) is 45.9 Å². The van der Waals surface area contributed by atoms with Crippen molar-refractivity contribution >= 4 is 34.2 Å². The molecule has 2 aliphatic heterocycles. The summed E-state index contributed by atoms with van der Waals surface area (Å²) < 4.78 is 47.6. The van der Waals surface area contributed by atoms with Gasteiger partial charge in [0.25, 0.3) is 0 Å². The summed E-state index contributed by atoms with van der Waals surface area (Å²) in [5, 5.41) is 0.825. The molecule has 200 valence electrons. The molecule has 1 aromatic heterocycles. The van der Waals surface area contributed by atoms with Crippen molar-refractivity contribution in [2.45, 2.75) is 38.1 Å². The van der Waals surface area contributed by atoms with Crippen LogP contribution in [0, 0.1) is 0 Å². The van der Waals surface area contributed by atoms with Gasteiger partial charge in [0, 0.05) is 51.9 Å². The van der Waals surface area contributed by atoms with E-state index in [-0.39, 0.29) is 11.7 Å². The number of imidazole rings is 1. The van der Waals surface area contributed by atoms with E-state index < -0.39 is 11.7 Å². The van der Waals surface area contributed by atoms with Gasteiger partial charge in [-0.3, -0.25) is 18.9 Å². The van der Waals surface area contributed by atoms with Gasteiger partial charge in [0.05, 0.1) is 39.9 Å². The van der Waals surface area contributed by atoms with E-state index in [4.69, 9.17) is 27.9 Å². The second-order valence-electron chi connectivity index (χ2n) is 9.72. The number of piperidine rings is 1. The van der Waals surface area contributed by atoms with Crippen LogP contribution < -0.4 is 5.69 Å². The predicted molar refractivity (Wildman–Crippen MR) is 138 cm³/mol. The van der Waals surface area contributed by atoms with Crippen molar-refractivity contribution in [3.05, 3.63) is 68.1 Å². The van der Waals surface area contributed by atoms with Gasteiger partial charge in [0.1, 0.15) is 0 Å². The topological polar surface area (TPSA) is 42.6 Å². The zero-order valence-electron chi connectivity index (χ0n) is 20.3. The van der Waals surface area contributed by atoms with Crippen LogP contribution in [0.3, 0.4) is 0 Å². The van der Waals surface area contributed by atoms with Gasteiger partial charge < -0.3 is 4.74 Å². The molecule has 5 rings (SSSR count). The van der Waals surface area contributed by atoms with Gasteiger partial charge in [-0.25, -0.2) is 4.79 Å². The van der Waals surface area contributed by atoms with Crippen LogP contribution in [-0.2, 0) is 24.0 Å². The number of fused-ring (bicyclic) bond motifs is 1. The van der Waals surface area contributed by atoms with Gasteiger partial charge in [0.15, 0.2) is 0 Å². The van der Waals surface area contributed by atoms with Crippen LogP contribution in [0.2, 0.25) is 10.0 Å². The van der Waals surface area contributed by atoms with Crippen LogP contribution in [0.25, 0.3) is 11.0 Å². The Kier molecular flexibility index (Phi) is 7.88. The molecule has 2 saturated heterocycles. The molecule has 3 heterocycles. The molecule has 0 spiro atoms. The number of likely N-dealkylation sites (tertiary alicyclic amines) is 1. The fourth-order valence-corrected chi connectivity index (χ4v) is 5.62. The lowest BCUT2D eigenvalue weighted by atomic mass is 10.0. The third-order valence-electron chi connectivity index (χ3n) is 7.36. The number of rotatable bonds is 6. The van der Waals surface area contributed by atoms with E-state index in [2.05, 4.69) is 9.80 Å². The molecule has 0 unspecified atom stereocenters. The van der Waals surface area contributed by atoms with Crippen molar-refractivity contribution in [3.63, 3.8) is 0 Å². The van der Waals surface area contributed by atoms with Crippen LogP contribution in [0.4, 0.5) is 13.2 Å². The zero-order chi connectivity index (χ0) is 26.2. The first-order chi connectivity index (χ1) is 17.7. The number of ether oxygens (including phenoxy) is 1. The van der Waals surface area contributed by atoms with Crippen LogP contribution in [0.15, 0.2) is 41.2 Å². The Bertz CT molecular complexity index is 1290. The molecule has 2 aliphatic rings. The van der Waals surface area contributed by atoms with Gasteiger partial charge in [-0.1, -0.05) is 35.3 Å². The summed E-state index contributed by atoms with van der Waals surface area (Å²) in [5.41, 5.74) is 1.69. The Labute approximate surface area is 223 Å². The van der Waals surface area contributed by atoms with E-state index in [1.807, 2.05) is 4.57 Å². The molecule has 0 N–H and O–H groups in total. The molecule has 2 aromatic carbocycles. The van der Waals surface area contributed by atoms with E-state index in [1.54, 1.807) is 16.7 Å². The predicted octanol–water partition coefficient (Wildman–Crippen LogP) is 5.30. The Morgan fingerprint density at radius 1 is 0.865 bits per heavy atom. The fraction of sp³-hybridized carbons (Fsp3) is 0.500. The van der Waals surface area contributed by atoms with Crippen LogP contribution >= 0.6 is 23.2 Å². The number of benzene rings is 2. The zero-order valence-corrected chi connectivity index (χ0v) is 21.8. The summed E-state index contributed by atoms with van der Waals surface area (Å²) in [6.07, 6.45) is -2.83. The molecule has 11 heteroatoms. The molecule has 0 aliphatic carbocycles. The van der Waals surface area contributed by atoms with Gasteiger partial charge in [0.2, 0.25) is 0 Å². The molecule has 2 fully saturated rings. The lowest BCUT2D eigenvalue weighted by Gasteiger charge is -2.32. The second-order valence-corrected chi connectivity index (χ2v) is 10.5. The Balaban J connectivity index is 1.32. The summed E-state index contributed by atoms with van der Waals surface area (Å²) in [4.78, 5) is 18.2. The standard InChI is InChI=1S/C26H29Cl2F3N4O2/c27-21-15-23-24(16-22(21)28)35(25(36)34(23)10-9-32-11-13-37-14-12-32)20-5-7-33(8-6-20)17-18-1-3-19(4-2-18)26(29,30)31/h1-4,15-16,20H,5-14,17H2. The van der Waals surface area contributed by atoms with Crippen molar-refractivity contribution in [1.82, 2.24) is 18.9 Å². The van der Waals surface area contributed by atoms with Crippen LogP contribution in [-0.4, -0.2) is 64.9 Å². The minimum atomic E-state index is -4.33. The third-order valence-corrected chi connectivity index (χ3v) is 8.08. The highest BCUT2D eigenvalue weighted by atomic mass is 35.5. The maximum Gasteiger partial charge on any atom is 0.416 e. The summed E-state index contributed by atoms with van der Waals surface area (Å²) in [6.45, 7) is 6.42. The van der Waals surface area contributed by atoms with Gasteiger partial charge >= 0.3 is 11.9 Å². The van der Waals surface area contributed by atoms with Crippen molar-refractivity contribution in [3.8, 4) is 0 Å². The summed E-state index contributed by atoms with van der Waals surface area (Å²) in [6, 6.07) is 8.88. The van der Waals surface area contributed by atoms with Crippen LogP contribution in [0.1, 0.15) is 30.0 Å². The number of alkyl halides is 3. The van der Waals surface area contributed by atoms with Gasteiger partial charge in [-0.05, 0) is 42.7 Å². The highest BCUT2D eigenvalue weighted by Crippen LogP contribution is 2.32. The third kappa shape index (κ3) is 5.86. The van der Waals surface area contributed by atoms with E-state index in [1.165, 1.54) is 12.1 Å². The largest absolute Gasteiger partial charge is 0.416 e. The minimum Gasteiger partial charge on any atom is -0.379 e. The van der Waals surface area contributed by atoms with Crippen molar-refractivity contribution in [2.24, 2.45) is 0 Å². The number of hydrogen-bond donors (Lipinski definition) is 0. The fourth-order valence-electron chi connectivity index (χ4n) is 5.30.